The van der Waals surface area contributed by atoms with E-state index in [-0.39, 0.29) is 17.4 Å². The van der Waals surface area contributed by atoms with Crippen molar-refractivity contribution >= 4 is 23.3 Å². The third-order valence-electron chi connectivity index (χ3n) is 6.53. The number of likely N-dealkylation sites (tertiary alicyclic amines) is 1. The minimum Gasteiger partial charge on any atom is -0.331 e. The summed E-state index contributed by atoms with van der Waals surface area (Å²) in [4.78, 5) is 15.3. The van der Waals surface area contributed by atoms with E-state index < -0.39 is 0 Å². The number of amides is 2. The lowest BCUT2D eigenvalue weighted by Gasteiger charge is -2.46. The van der Waals surface area contributed by atoms with Crippen LogP contribution < -0.4 is 10.6 Å². The van der Waals surface area contributed by atoms with Gasteiger partial charge in [-0.2, -0.15) is 0 Å². The van der Waals surface area contributed by atoms with Gasteiger partial charge in [-0.15, -0.1) is 0 Å². The molecule has 2 fully saturated rings. The van der Waals surface area contributed by atoms with E-state index in [2.05, 4.69) is 15.5 Å². The van der Waals surface area contributed by atoms with Gasteiger partial charge in [0.25, 0.3) is 0 Å². The molecule has 1 saturated heterocycles. The molecule has 2 N–H and O–H groups in total. The highest BCUT2D eigenvalue weighted by Gasteiger charge is 2.42. The van der Waals surface area contributed by atoms with Gasteiger partial charge in [-0.05, 0) is 87.4 Å². The van der Waals surface area contributed by atoms with Gasteiger partial charge in [0.1, 0.15) is 5.82 Å². The number of rotatable bonds is 6. The van der Waals surface area contributed by atoms with E-state index in [1.807, 2.05) is 31.2 Å². The zero-order valence-electron chi connectivity index (χ0n) is 17.4. The summed E-state index contributed by atoms with van der Waals surface area (Å²) in [6.07, 6.45) is 6.35. The van der Waals surface area contributed by atoms with Crippen LogP contribution in [0.4, 0.5) is 14.9 Å². The number of halogens is 2. The van der Waals surface area contributed by atoms with E-state index in [0.29, 0.717) is 11.1 Å². The second-order valence-electron chi connectivity index (χ2n) is 8.77. The number of anilines is 1. The SMILES string of the molecule is Cc1ccc(Cl)cc1NC(=O)NC1(CN2CCCC2Cc2ccc(F)cc2)CCC1. The van der Waals surface area contributed by atoms with Crippen LogP contribution in [0.1, 0.15) is 43.2 Å². The molecule has 0 bridgehead atoms. The smallest absolute Gasteiger partial charge is 0.319 e. The second kappa shape index (κ2) is 8.94. The third-order valence-corrected chi connectivity index (χ3v) is 6.76. The van der Waals surface area contributed by atoms with Crippen LogP contribution in [-0.4, -0.2) is 35.6 Å². The fourth-order valence-electron chi connectivity index (χ4n) is 4.67. The van der Waals surface area contributed by atoms with Crippen molar-refractivity contribution in [3.63, 3.8) is 0 Å². The van der Waals surface area contributed by atoms with Crippen molar-refractivity contribution in [3.05, 3.63) is 64.4 Å². The molecule has 4 nitrogen and oxygen atoms in total. The molecule has 1 aliphatic heterocycles. The largest absolute Gasteiger partial charge is 0.331 e. The lowest BCUT2D eigenvalue weighted by Crippen LogP contribution is -2.61. The Labute approximate surface area is 182 Å². The van der Waals surface area contributed by atoms with Gasteiger partial charge in [-0.3, -0.25) is 4.90 Å². The number of urea groups is 1. The second-order valence-corrected chi connectivity index (χ2v) is 9.21. The Balaban J connectivity index is 1.38. The molecule has 2 aromatic rings. The molecule has 6 heteroatoms. The van der Waals surface area contributed by atoms with Gasteiger partial charge in [0.2, 0.25) is 0 Å². The van der Waals surface area contributed by atoms with E-state index >= 15 is 0 Å². The lowest BCUT2D eigenvalue weighted by molar-refractivity contribution is 0.109. The van der Waals surface area contributed by atoms with Crippen molar-refractivity contribution < 1.29 is 9.18 Å². The molecule has 2 aliphatic rings. The number of aryl methyl sites for hydroxylation is 1. The molecule has 2 aromatic carbocycles. The summed E-state index contributed by atoms with van der Waals surface area (Å²) >= 11 is 6.08. The first-order valence-electron chi connectivity index (χ1n) is 10.8. The molecule has 1 atom stereocenters. The van der Waals surface area contributed by atoms with Gasteiger partial charge in [0.05, 0.1) is 5.54 Å². The number of hydrogen-bond donors (Lipinski definition) is 2. The minimum absolute atomic E-state index is 0.172. The number of benzene rings is 2. The van der Waals surface area contributed by atoms with Crippen LogP contribution >= 0.6 is 11.6 Å². The van der Waals surface area contributed by atoms with Crippen molar-refractivity contribution in [1.82, 2.24) is 10.2 Å². The highest BCUT2D eigenvalue weighted by Crippen LogP contribution is 2.35. The average Bonchev–Trinajstić information content (AvgIpc) is 3.11. The summed E-state index contributed by atoms with van der Waals surface area (Å²) in [6.45, 7) is 3.86. The Hall–Kier alpha value is -2.11. The highest BCUT2D eigenvalue weighted by atomic mass is 35.5. The monoisotopic (exact) mass is 429 g/mol. The van der Waals surface area contributed by atoms with Crippen LogP contribution in [0.15, 0.2) is 42.5 Å². The highest BCUT2D eigenvalue weighted by molar-refractivity contribution is 6.31. The molecule has 0 aromatic heterocycles. The fourth-order valence-corrected chi connectivity index (χ4v) is 4.84. The van der Waals surface area contributed by atoms with E-state index in [1.165, 1.54) is 12.1 Å². The zero-order chi connectivity index (χ0) is 21.1. The van der Waals surface area contributed by atoms with Gasteiger partial charge in [0, 0.05) is 23.3 Å². The standard InChI is InChI=1S/C24H29ClFN3O/c1-17-5-8-19(25)15-22(17)27-23(30)28-24(11-3-12-24)16-29-13-2-4-21(29)14-18-6-9-20(26)10-7-18/h5-10,15,21H,2-4,11-14,16H2,1H3,(H2,27,28,30). The maximum atomic E-state index is 13.2. The summed E-state index contributed by atoms with van der Waals surface area (Å²) in [7, 11) is 0. The molecule has 0 spiro atoms. The minimum atomic E-state index is -0.194. The molecule has 0 radical (unpaired) electrons. The molecule has 160 valence electrons. The molecule has 1 saturated carbocycles. The molecule has 1 aliphatic carbocycles. The quantitative estimate of drug-likeness (QED) is 0.633. The van der Waals surface area contributed by atoms with Gasteiger partial charge >= 0.3 is 6.03 Å². The fraction of sp³-hybridized carbons (Fsp3) is 0.458. The molecule has 30 heavy (non-hydrogen) atoms. The first-order chi connectivity index (χ1) is 14.4. The number of carbonyl (C=O) groups excluding carboxylic acids is 1. The van der Waals surface area contributed by atoms with E-state index in [0.717, 1.165) is 68.4 Å². The Kier molecular flexibility index (Phi) is 6.30. The number of carbonyl (C=O) groups is 1. The van der Waals surface area contributed by atoms with Crippen molar-refractivity contribution in [2.45, 2.75) is 57.0 Å². The summed E-state index contributed by atoms with van der Waals surface area (Å²) in [5, 5.41) is 6.83. The Morgan fingerprint density at radius 2 is 1.97 bits per heavy atom. The normalized spacial score (nSPS) is 20.6. The first kappa shape index (κ1) is 21.1. The molecule has 1 heterocycles. The van der Waals surface area contributed by atoms with Crippen molar-refractivity contribution in [1.29, 1.82) is 0 Å². The summed E-state index contributed by atoms with van der Waals surface area (Å²) in [6, 6.07) is 12.6. The van der Waals surface area contributed by atoms with Crippen LogP contribution in [0.3, 0.4) is 0 Å². The Bertz CT molecular complexity index is 898. The van der Waals surface area contributed by atoms with Gasteiger partial charge in [-0.1, -0.05) is 29.8 Å². The predicted molar refractivity (Wildman–Crippen MR) is 120 cm³/mol. The van der Waals surface area contributed by atoms with Crippen molar-refractivity contribution in [2.75, 3.05) is 18.4 Å². The third kappa shape index (κ3) is 4.96. The molecular formula is C24H29ClFN3O. The maximum absolute atomic E-state index is 13.2. The van der Waals surface area contributed by atoms with Gasteiger partial charge < -0.3 is 10.6 Å². The molecule has 2 amide bonds. The van der Waals surface area contributed by atoms with Crippen molar-refractivity contribution in [3.8, 4) is 0 Å². The summed E-state index contributed by atoms with van der Waals surface area (Å²) < 4.78 is 13.2. The molecule has 4 rings (SSSR count). The molecule has 1 unspecified atom stereocenters. The van der Waals surface area contributed by atoms with Gasteiger partial charge in [-0.25, -0.2) is 9.18 Å². The summed E-state index contributed by atoms with van der Waals surface area (Å²) in [5.41, 5.74) is 2.71. The Morgan fingerprint density at radius 1 is 1.20 bits per heavy atom. The topological polar surface area (TPSA) is 44.4 Å². The lowest BCUT2D eigenvalue weighted by atomic mass is 9.76. The predicted octanol–water partition coefficient (Wildman–Crippen LogP) is 5.54. The average molecular weight is 430 g/mol. The van der Waals surface area contributed by atoms with Crippen molar-refractivity contribution in [2.24, 2.45) is 0 Å². The van der Waals surface area contributed by atoms with Gasteiger partial charge in [0.15, 0.2) is 0 Å². The van der Waals surface area contributed by atoms with E-state index in [1.54, 1.807) is 6.07 Å². The van der Waals surface area contributed by atoms with Crippen LogP contribution in [0, 0.1) is 12.7 Å². The molecular weight excluding hydrogens is 401 g/mol. The van der Waals surface area contributed by atoms with E-state index in [9.17, 15) is 9.18 Å². The van der Waals surface area contributed by atoms with Crippen LogP contribution in [0.5, 0.6) is 0 Å². The van der Waals surface area contributed by atoms with E-state index in [4.69, 9.17) is 11.6 Å². The number of nitrogens with one attached hydrogen (secondary N) is 2. The number of nitrogens with zero attached hydrogens (tertiary/aromatic N) is 1. The Morgan fingerprint density at radius 3 is 2.67 bits per heavy atom. The van der Waals surface area contributed by atoms with Crippen LogP contribution in [0.2, 0.25) is 5.02 Å². The number of hydrogen-bond acceptors (Lipinski definition) is 2. The summed E-state index contributed by atoms with van der Waals surface area (Å²) in [5.74, 6) is -0.194. The maximum Gasteiger partial charge on any atom is 0.319 e. The van der Waals surface area contributed by atoms with Crippen LogP contribution in [-0.2, 0) is 6.42 Å². The first-order valence-corrected chi connectivity index (χ1v) is 11.1. The zero-order valence-corrected chi connectivity index (χ0v) is 18.1. The van der Waals surface area contributed by atoms with Crippen LogP contribution in [0.25, 0.3) is 0 Å².